The summed E-state index contributed by atoms with van der Waals surface area (Å²) in [7, 11) is 3.66. The van der Waals surface area contributed by atoms with Crippen LogP contribution >= 0.6 is 0 Å². The van der Waals surface area contributed by atoms with E-state index in [1.165, 1.54) is 5.56 Å². The molecule has 0 fully saturated rings. The molecule has 2 N–H and O–H groups in total. The summed E-state index contributed by atoms with van der Waals surface area (Å²) < 4.78 is 5.62. The highest BCUT2D eigenvalue weighted by molar-refractivity contribution is 5.36. The van der Waals surface area contributed by atoms with Crippen molar-refractivity contribution >= 4 is 11.9 Å². The Morgan fingerprint density at radius 1 is 1.21 bits per heavy atom. The van der Waals surface area contributed by atoms with Gasteiger partial charge in [-0.05, 0) is 24.1 Å². The van der Waals surface area contributed by atoms with Gasteiger partial charge in [0.25, 0.3) is 0 Å². The van der Waals surface area contributed by atoms with Crippen molar-refractivity contribution in [3.8, 4) is 11.8 Å². The second-order valence-electron chi connectivity index (χ2n) is 4.27. The van der Waals surface area contributed by atoms with Gasteiger partial charge in [0.2, 0.25) is 11.9 Å². The minimum Gasteiger partial charge on any atom is -0.424 e. The number of hydrogen-bond donors (Lipinski definition) is 1. The number of benzene rings is 1. The van der Waals surface area contributed by atoms with Gasteiger partial charge in [-0.2, -0.15) is 15.0 Å². The predicted octanol–water partition coefficient (Wildman–Crippen LogP) is 1.87. The van der Waals surface area contributed by atoms with Crippen molar-refractivity contribution in [1.29, 1.82) is 0 Å². The highest BCUT2D eigenvalue weighted by Gasteiger charge is 2.08. The van der Waals surface area contributed by atoms with Crippen LogP contribution in [0.3, 0.4) is 0 Å². The first kappa shape index (κ1) is 13.1. The fourth-order valence-corrected chi connectivity index (χ4v) is 1.54. The topological polar surface area (TPSA) is 77.2 Å². The first-order valence-corrected chi connectivity index (χ1v) is 6.04. The average Bonchev–Trinajstić information content (AvgIpc) is 2.38. The van der Waals surface area contributed by atoms with Gasteiger partial charge in [-0.3, -0.25) is 0 Å². The monoisotopic (exact) mass is 259 g/mol. The Hall–Kier alpha value is -2.37. The van der Waals surface area contributed by atoms with Gasteiger partial charge in [0.1, 0.15) is 5.75 Å². The molecule has 1 aromatic heterocycles. The molecule has 2 aromatic rings. The zero-order valence-corrected chi connectivity index (χ0v) is 11.3. The SMILES string of the molecule is CCc1cccc(Oc2nc(N)nc(N(C)C)n2)c1. The Labute approximate surface area is 112 Å². The zero-order chi connectivity index (χ0) is 13.8. The van der Waals surface area contributed by atoms with E-state index in [0.717, 1.165) is 6.42 Å². The molecular weight excluding hydrogens is 242 g/mol. The van der Waals surface area contributed by atoms with Gasteiger partial charge >= 0.3 is 6.01 Å². The van der Waals surface area contributed by atoms with Crippen LogP contribution in [0, 0.1) is 0 Å². The van der Waals surface area contributed by atoms with E-state index < -0.39 is 0 Å². The van der Waals surface area contributed by atoms with Gasteiger partial charge in [0, 0.05) is 14.1 Å². The zero-order valence-electron chi connectivity index (χ0n) is 11.3. The Morgan fingerprint density at radius 3 is 2.68 bits per heavy atom. The van der Waals surface area contributed by atoms with Crippen LogP contribution in [0.25, 0.3) is 0 Å². The standard InChI is InChI=1S/C13H17N5O/c1-4-9-6-5-7-10(8-9)19-13-16-11(14)15-12(17-13)18(2)3/h5-8H,4H2,1-3H3,(H2,14,15,16,17). The summed E-state index contributed by atoms with van der Waals surface area (Å²) in [6.07, 6.45) is 0.944. The Morgan fingerprint density at radius 2 is 2.00 bits per heavy atom. The van der Waals surface area contributed by atoms with Crippen LogP contribution in [0.5, 0.6) is 11.8 Å². The van der Waals surface area contributed by atoms with Crippen LogP contribution in [-0.4, -0.2) is 29.0 Å². The highest BCUT2D eigenvalue weighted by Crippen LogP contribution is 2.21. The largest absolute Gasteiger partial charge is 0.424 e. The van der Waals surface area contributed by atoms with Gasteiger partial charge in [-0.15, -0.1) is 0 Å². The molecule has 6 heteroatoms. The number of anilines is 2. The van der Waals surface area contributed by atoms with Crippen molar-refractivity contribution in [2.24, 2.45) is 0 Å². The van der Waals surface area contributed by atoms with Crippen molar-refractivity contribution < 1.29 is 4.74 Å². The molecule has 0 amide bonds. The Balaban J connectivity index is 2.27. The number of rotatable bonds is 4. The molecule has 19 heavy (non-hydrogen) atoms. The van der Waals surface area contributed by atoms with E-state index in [1.54, 1.807) is 4.90 Å². The summed E-state index contributed by atoms with van der Waals surface area (Å²) >= 11 is 0. The van der Waals surface area contributed by atoms with E-state index in [0.29, 0.717) is 11.7 Å². The van der Waals surface area contributed by atoms with E-state index in [2.05, 4.69) is 21.9 Å². The normalized spacial score (nSPS) is 10.3. The Bertz CT molecular complexity index is 571. The second-order valence-corrected chi connectivity index (χ2v) is 4.27. The van der Waals surface area contributed by atoms with Crippen LogP contribution in [0.2, 0.25) is 0 Å². The quantitative estimate of drug-likeness (QED) is 0.903. The van der Waals surface area contributed by atoms with Crippen LogP contribution in [0.4, 0.5) is 11.9 Å². The molecule has 0 spiro atoms. The molecule has 0 bridgehead atoms. The number of nitrogens with zero attached hydrogens (tertiary/aromatic N) is 4. The van der Waals surface area contributed by atoms with Gasteiger partial charge in [0.15, 0.2) is 0 Å². The molecule has 0 saturated heterocycles. The summed E-state index contributed by atoms with van der Waals surface area (Å²) in [5.74, 6) is 1.30. The van der Waals surface area contributed by atoms with E-state index >= 15 is 0 Å². The van der Waals surface area contributed by atoms with Crippen molar-refractivity contribution in [2.75, 3.05) is 24.7 Å². The minimum absolute atomic E-state index is 0.139. The van der Waals surface area contributed by atoms with Crippen LogP contribution in [0.15, 0.2) is 24.3 Å². The summed E-state index contributed by atoms with van der Waals surface area (Å²) in [6.45, 7) is 2.09. The molecule has 0 saturated carbocycles. The maximum Gasteiger partial charge on any atom is 0.328 e. The van der Waals surface area contributed by atoms with E-state index in [-0.39, 0.29) is 12.0 Å². The van der Waals surface area contributed by atoms with Crippen LogP contribution in [0.1, 0.15) is 12.5 Å². The highest BCUT2D eigenvalue weighted by atomic mass is 16.5. The minimum atomic E-state index is 0.139. The molecule has 0 aliphatic carbocycles. The lowest BCUT2D eigenvalue weighted by atomic mass is 10.2. The molecule has 0 aliphatic rings. The van der Waals surface area contributed by atoms with E-state index in [9.17, 15) is 0 Å². The maximum atomic E-state index is 5.64. The van der Waals surface area contributed by atoms with Crippen LogP contribution < -0.4 is 15.4 Å². The summed E-state index contributed by atoms with van der Waals surface area (Å²) in [6, 6.07) is 7.99. The number of nitrogen functional groups attached to an aromatic ring is 1. The van der Waals surface area contributed by atoms with E-state index in [4.69, 9.17) is 10.5 Å². The molecule has 100 valence electrons. The summed E-state index contributed by atoms with van der Waals surface area (Å²) in [5.41, 5.74) is 6.83. The molecule has 0 atom stereocenters. The summed E-state index contributed by atoms with van der Waals surface area (Å²) in [4.78, 5) is 13.9. The lowest BCUT2D eigenvalue weighted by Crippen LogP contribution is -2.15. The second kappa shape index (κ2) is 5.51. The first-order chi connectivity index (χ1) is 9.08. The average molecular weight is 259 g/mol. The fourth-order valence-electron chi connectivity index (χ4n) is 1.54. The molecule has 1 heterocycles. The number of hydrogen-bond acceptors (Lipinski definition) is 6. The molecular formula is C13H17N5O. The lowest BCUT2D eigenvalue weighted by Gasteiger charge is -2.11. The predicted molar refractivity (Wildman–Crippen MR) is 74.5 cm³/mol. The third-order valence-electron chi connectivity index (χ3n) is 2.54. The van der Waals surface area contributed by atoms with Gasteiger partial charge in [-0.25, -0.2) is 0 Å². The van der Waals surface area contributed by atoms with Crippen molar-refractivity contribution in [3.63, 3.8) is 0 Å². The fraction of sp³-hybridized carbons (Fsp3) is 0.308. The molecule has 0 radical (unpaired) electrons. The summed E-state index contributed by atoms with van der Waals surface area (Å²) in [5, 5.41) is 0. The lowest BCUT2D eigenvalue weighted by molar-refractivity contribution is 0.440. The molecule has 6 nitrogen and oxygen atoms in total. The smallest absolute Gasteiger partial charge is 0.328 e. The number of nitrogens with two attached hydrogens (primary N) is 1. The first-order valence-electron chi connectivity index (χ1n) is 6.04. The van der Waals surface area contributed by atoms with Gasteiger partial charge in [0.05, 0.1) is 0 Å². The van der Waals surface area contributed by atoms with Crippen molar-refractivity contribution in [1.82, 2.24) is 15.0 Å². The third kappa shape index (κ3) is 3.31. The van der Waals surface area contributed by atoms with Gasteiger partial charge in [-0.1, -0.05) is 19.1 Å². The molecule has 2 rings (SSSR count). The van der Waals surface area contributed by atoms with Crippen LogP contribution in [-0.2, 0) is 6.42 Å². The van der Waals surface area contributed by atoms with Crippen molar-refractivity contribution in [3.05, 3.63) is 29.8 Å². The molecule has 0 unspecified atom stereocenters. The molecule has 0 aliphatic heterocycles. The number of aromatic nitrogens is 3. The number of ether oxygens (including phenoxy) is 1. The van der Waals surface area contributed by atoms with Crippen molar-refractivity contribution in [2.45, 2.75) is 13.3 Å². The molecule has 1 aromatic carbocycles. The van der Waals surface area contributed by atoms with Gasteiger partial charge < -0.3 is 15.4 Å². The maximum absolute atomic E-state index is 5.64. The Kier molecular flexibility index (Phi) is 3.79. The van der Waals surface area contributed by atoms with E-state index in [1.807, 2.05) is 38.4 Å². The third-order valence-corrected chi connectivity index (χ3v) is 2.54. The number of aryl methyl sites for hydroxylation is 1.